The van der Waals surface area contributed by atoms with Gasteiger partial charge < -0.3 is 10.2 Å². The van der Waals surface area contributed by atoms with E-state index in [1.165, 1.54) is 23.4 Å². The summed E-state index contributed by atoms with van der Waals surface area (Å²) in [6.07, 6.45) is 0. The van der Waals surface area contributed by atoms with Crippen molar-refractivity contribution in [3.05, 3.63) is 23.8 Å². The van der Waals surface area contributed by atoms with Gasteiger partial charge in [-0.05, 0) is 31.7 Å². The van der Waals surface area contributed by atoms with Crippen LogP contribution in [-0.2, 0) is 24.8 Å². The number of hydrogen-bond donors (Lipinski definition) is 2. The van der Waals surface area contributed by atoms with Crippen LogP contribution in [0.15, 0.2) is 27.4 Å². The smallest absolute Gasteiger partial charge is 0.291 e. The number of carbonyl (C=O) groups excluding carboxylic acids is 1. The van der Waals surface area contributed by atoms with Crippen LogP contribution in [0.5, 0.6) is 0 Å². The van der Waals surface area contributed by atoms with Crippen LogP contribution in [0.3, 0.4) is 0 Å². The highest BCUT2D eigenvalue weighted by Gasteiger charge is 2.29. The van der Waals surface area contributed by atoms with Gasteiger partial charge in [0.15, 0.2) is 0 Å². The molecule has 1 aliphatic rings. The fourth-order valence-corrected chi connectivity index (χ4v) is 6.50. The number of piperazine rings is 1. The van der Waals surface area contributed by atoms with Crippen molar-refractivity contribution < 1.29 is 21.6 Å². The zero-order chi connectivity index (χ0) is 22.1. The van der Waals surface area contributed by atoms with E-state index in [9.17, 15) is 21.6 Å². The van der Waals surface area contributed by atoms with Gasteiger partial charge in [0.1, 0.15) is 0 Å². The van der Waals surface area contributed by atoms with Gasteiger partial charge in [-0.3, -0.25) is 9.52 Å². The van der Waals surface area contributed by atoms with Crippen molar-refractivity contribution in [2.24, 2.45) is 0 Å². The summed E-state index contributed by atoms with van der Waals surface area (Å²) >= 11 is 0.687. The number of aryl methyl sites for hydroxylation is 1. The van der Waals surface area contributed by atoms with E-state index >= 15 is 0 Å². The Morgan fingerprint density at radius 2 is 1.77 bits per heavy atom. The maximum absolute atomic E-state index is 13.1. The summed E-state index contributed by atoms with van der Waals surface area (Å²) in [5.74, 6) is -0.402. The molecule has 0 atom stereocenters. The minimum Gasteiger partial charge on any atom is -0.304 e. The molecule has 11 nitrogen and oxygen atoms in total. The summed E-state index contributed by atoms with van der Waals surface area (Å²) in [4.78, 5) is 13.2. The number of hydrogen-bond acceptors (Lipinski definition) is 9. The molecule has 1 aliphatic heterocycles. The molecule has 0 radical (unpaired) electrons. The maximum atomic E-state index is 13.1. The Labute approximate surface area is 179 Å². The first-order valence-corrected chi connectivity index (χ1v) is 12.7. The van der Waals surface area contributed by atoms with E-state index in [0.29, 0.717) is 43.1 Å². The van der Waals surface area contributed by atoms with Gasteiger partial charge in [-0.1, -0.05) is 17.4 Å². The van der Waals surface area contributed by atoms with Crippen LogP contribution in [0, 0.1) is 6.92 Å². The minimum atomic E-state index is -4.11. The molecule has 2 heterocycles. The Morgan fingerprint density at radius 3 is 2.40 bits per heavy atom. The number of nitrogens with zero attached hydrogens (tertiary/aromatic N) is 4. The summed E-state index contributed by atoms with van der Waals surface area (Å²) < 4.78 is 54.7. The van der Waals surface area contributed by atoms with E-state index in [1.807, 2.05) is 11.9 Å². The molecule has 164 valence electrons. The van der Waals surface area contributed by atoms with Crippen LogP contribution in [-0.4, -0.2) is 75.4 Å². The molecular weight excluding hydrogens is 452 g/mol. The van der Waals surface area contributed by atoms with E-state index in [1.54, 1.807) is 13.0 Å². The lowest BCUT2D eigenvalue weighted by molar-refractivity contribution is -0.114. The second-order valence-electron chi connectivity index (χ2n) is 6.85. The van der Waals surface area contributed by atoms with Gasteiger partial charge in [0.25, 0.3) is 14.4 Å². The van der Waals surface area contributed by atoms with Gasteiger partial charge in [-0.2, -0.15) is 12.7 Å². The Balaban J connectivity index is 1.86. The molecule has 1 fully saturated rings. The summed E-state index contributed by atoms with van der Waals surface area (Å²) in [5, 5.41) is 9.60. The number of nitrogens with one attached hydrogen (secondary N) is 2. The van der Waals surface area contributed by atoms with Crippen molar-refractivity contribution in [3.63, 3.8) is 0 Å². The van der Waals surface area contributed by atoms with Gasteiger partial charge >= 0.3 is 0 Å². The molecule has 0 unspecified atom stereocenters. The van der Waals surface area contributed by atoms with Crippen LogP contribution < -0.4 is 10.0 Å². The highest BCUT2D eigenvalue weighted by molar-refractivity contribution is 7.94. The molecule has 3 rings (SSSR count). The third-order valence-corrected chi connectivity index (χ3v) is 9.07. The number of aromatic nitrogens is 2. The lowest BCUT2D eigenvalue weighted by Gasteiger charge is -2.32. The maximum Gasteiger partial charge on any atom is 0.291 e. The molecule has 30 heavy (non-hydrogen) atoms. The number of amides is 1. The van der Waals surface area contributed by atoms with Gasteiger partial charge in [-0.15, -0.1) is 10.2 Å². The average molecular weight is 475 g/mol. The van der Waals surface area contributed by atoms with E-state index in [0.717, 1.165) is 0 Å². The Kier molecular flexibility index (Phi) is 6.43. The molecule has 1 aromatic carbocycles. The number of likely N-dealkylation sites (N-methyl/N-ethyl adjacent to an activating group) is 1. The second-order valence-corrected chi connectivity index (χ2v) is 11.6. The first kappa shape index (κ1) is 22.6. The standard InChI is InChI=1S/C16H22N6O5S3/c1-11-4-5-13(10-14(11)30(26,27)22-8-6-21(3)7-9-22)20-29(24,25)16-19-18-15(28-16)17-12(2)23/h4-5,10,20H,6-9H2,1-3H3,(H,17,18,23). The second kappa shape index (κ2) is 8.55. The fourth-order valence-electron chi connectivity index (χ4n) is 2.83. The van der Waals surface area contributed by atoms with Crippen molar-refractivity contribution in [1.29, 1.82) is 0 Å². The quantitative estimate of drug-likeness (QED) is 0.578. The first-order chi connectivity index (χ1) is 14.0. The molecule has 14 heteroatoms. The Morgan fingerprint density at radius 1 is 1.10 bits per heavy atom. The van der Waals surface area contributed by atoms with E-state index < -0.39 is 26.0 Å². The van der Waals surface area contributed by atoms with Crippen molar-refractivity contribution in [2.75, 3.05) is 43.3 Å². The Bertz CT molecular complexity index is 1150. The molecule has 0 aliphatic carbocycles. The molecule has 0 saturated carbocycles. The normalized spacial score (nSPS) is 16.4. The first-order valence-electron chi connectivity index (χ1n) is 8.92. The highest BCUT2D eigenvalue weighted by atomic mass is 32.2. The third-order valence-electron chi connectivity index (χ3n) is 4.44. The minimum absolute atomic E-state index is 0.0449. The van der Waals surface area contributed by atoms with Gasteiger partial charge in [0.2, 0.25) is 21.1 Å². The molecule has 0 bridgehead atoms. The van der Waals surface area contributed by atoms with E-state index in [4.69, 9.17) is 0 Å². The van der Waals surface area contributed by atoms with Crippen molar-refractivity contribution >= 4 is 48.1 Å². The largest absolute Gasteiger partial charge is 0.304 e. The predicted octanol–water partition coefficient (Wildman–Crippen LogP) is 0.542. The third kappa shape index (κ3) is 4.95. The number of sulfonamides is 2. The molecule has 1 aromatic heterocycles. The number of carbonyl (C=O) groups is 1. The molecular formula is C16H22N6O5S3. The number of rotatable bonds is 6. The summed E-state index contributed by atoms with van der Waals surface area (Å²) in [5.41, 5.74) is 0.602. The Hall–Kier alpha value is -2.13. The zero-order valence-corrected chi connectivity index (χ0v) is 19.1. The van der Waals surface area contributed by atoms with Gasteiger partial charge in [-0.25, -0.2) is 8.42 Å². The van der Waals surface area contributed by atoms with Crippen molar-refractivity contribution in [1.82, 2.24) is 19.4 Å². The average Bonchev–Trinajstić information content (AvgIpc) is 3.12. The number of anilines is 2. The van der Waals surface area contributed by atoms with Gasteiger partial charge in [0, 0.05) is 33.1 Å². The number of benzene rings is 1. The van der Waals surface area contributed by atoms with Crippen LogP contribution >= 0.6 is 11.3 Å². The van der Waals surface area contributed by atoms with Crippen molar-refractivity contribution in [3.8, 4) is 0 Å². The monoisotopic (exact) mass is 474 g/mol. The van der Waals surface area contributed by atoms with Crippen LogP contribution in [0.25, 0.3) is 0 Å². The summed E-state index contributed by atoms with van der Waals surface area (Å²) in [6, 6.07) is 4.32. The van der Waals surface area contributed by atoms with Crippen LogP contribution in [0.4, 0.5) is 10.8 Å². The summed E-state index contributed by atoms with van der Waals surface area (Å²) in [6.45, 7) is 4.90. The van der Waals surface area contributed by atoms with Crippen molar-refractivity contribution in [2.45, 2.75) is 23.1 Å². The summed E-state index contributed by atoms with van der Waals surface area (Å²) in [7, 11) is -5.95. The molecule has 2 aromatic rings. The van der Waals surface area contributed by atoms with Crippen LogP contribution in [0.1, 0.15) is 12.5 Å². The predicted molar refractivity (Wildman–Crippen MR) is 112 cm³/mol. The zero-order valence-electron chi connectivity index (χ0n) is 16.6. The van der Waals surface area contributed by atoms with E-state index in [-0.39, 0.29) is 20.1 Å². The topological polar surface area (TPSA) is 142 Å². The lowest BCUT2D eigenvalue weighted by atomic mass is 10.2. The fraction of sp³-hybridized carbons (Fsp3) is 0.438. The highest BCUT2D eigenvalue weighted by Crippen LogP contribution is 2.27. The molecule has 0 spiro atoms. The lowest BCUT2D eigenvalue weighted by Crippen LogP contribution is -2.47. The van der Waals surface area contributed by atoms with E-state index in [2.05, 4.69) is 20.2 Å². The molecule has 2 N–H and O–H groups in total. The van der Waals surface area contributed by atoms with Gasteiger partial charge in [0.05, 0.1) is 10.6 Å². The molecule has 1 saturated heterocycles. The molecule has 1 amide bonds. The SMILES string of the molecule is CC(=O)Nc1nnc(S(=O)(=O)Nc2ccc(C)c(S(=O)(=O)N3CCN(C)CC3)c2)s1. The van der Waals surface area contributed by atoms with Crippen LogP contribution in [0.2, 0.25) is 0 Å².